The van der Waals surface area contributed by atoms with Crippen molar-refractivity contribution in [1.29, 1.82) is 0 Å². The molecule has 1 heterocycles. The van der Waals surface area contributed by atoms with Gasteiger partial charge in [-0.3, -0.25) is 9.69 Å². The van der Waals surface area contributed by atoms with Crippen molar-refractivity contribution >= 4 is 33.2 Å². The van der Waals surface area contributed by atoms with Gasteiger partial charge in [0.15, 0.2) is 0 Å². The molecule has 0 bridgehead atoms. The molecule has 0 aliphatic heterocycles. The fraction of sp³-hybridized carbons (Fsp3) is 0.500. The lowest BCUT2D eigenvalue weighted by Gasteiger charge is -2.31. The Morgan fingerprint density at radius 2 is 2.27 bits per heavy atom. The molecule has 84 valence electrons. The van der Waals surface area contributed by atoms with Gasteiger partial charge in [-0.05, 0) is 48.3 Å². The van der Waals surface area contributed by atoms with Crippen LogP contribution in [-0.4, -0.2) is 28.6 Å². The van der Waals surface area contributed by atoms with Crippen LogP contribution in [-0.2, 0) is 11.3 Å². The molecule has 15 heavy (non-hydrogen) atoms. The topological polar surface area (TPSA) is 40.5 Å². The number of carboxylic acid groups (broad SMARTS) is 1. The van der Waals surface area contributed by atoms with Gasteiger partial charge in [0.2, 0.25) is 0 Å². The Morgan fingerprint density at radius 3 is 2.67 bits per heavy atom. The standard InChI is InChI=1S/C10H14BrNO2S/c1-10(2,9(13)14)12(3)6-8-7(11)4-5-15-8/h4-5H,6H2,1-3H3,(H,13,14). The molecule has 1 rings (SSSR count). The highest BCUT2D eigenvalue weighted by Crippen LogP contribution is 2.26. The number of halogens is 1. The molecule has 1 N–H and O–H groups in total. The monoisotopic (exact) mass is 291 g/mol. The maximum Gasteiger partial charge on any atom is 0.323 e. The molecule has 0 saturated carbocycles. The summed E-state index contributed by atoms with van der Waals surface area (Å²) in [6, 6.07) is 1.97. The number of thiophene rings is 1. The van der Waals surface area contributed by atoms with Crippen molar-refractivity contribution in [2.75, 3.05) is 7.05 Å². The first-order valence-electron chi connectivity index (χ1n) is 4.52. The average molecular weight is 292 g/mol. The molecular formula is C10H14BrNO2S. The average Bonchev–Trinajstić information content (AvgIpc) is 2.51. The first-order valence-corrected chi connectivity index (χ1v) is 6.19. The van der Waals surface area contributed by atoms with Crippen LogP contribution in [0.3, 0.4) is 0 Å². The molecule has 3 nitrogen and oxygen atoms in total. The third kappa shape index (κ3) is 2.80. The minimum Gasteiger partial charge on any atom is -0.480 e. The van der Waals surface area contributed by atoms with E-state index >= 15 is 0 Å². The van der Waals surface area contributed by atoms with Crippen LogP contribution in [0.5, 0.6) is 0 Å². The van der Waals surface area contributed by atoms with Crippen molar-refractivity contribution < 1.29 is 9.90 Å². The number of nitrogens with zero attached hydrogens (tertiary/aromatic N) is 1. The molecule has 0 amide bonds. The van der Waals surface area contributed by atoms with Crippen LogP contribution in [0.4, 0.5) is 0 Å². The minimum atomic E-state index is -0.844. The van der Waals surface area contributed by atoms with Crippen molar-refractivity contribution in [2.45, 2.75) is 25.9 Å². The molecule has 0 fully saturated rings. The molecule has 0 atom stereocenters. The molecule has 0 aliphatic rings. The summed E-state index contributed by atoms with van der Waals surface area (Å²) in [5.41, 5.74) is -0.844. The van der Waals surface area contributed by atoms with Gasteiger partial charge in [0.25, 0.3) is 0 Å². The molecule has 1 aromatic heterocycles. The highest BCUT2D eigenvalue weighted by Gasteiger charge is 2.32. The van der Waals surface area contributed by atoms with Crippen LogP contribution in [0.15, 0.2) is 15.9 Å². The van der Waals surface area contributed by atoms with Crippen LogP contribution in [0.1, 0.15) is 18.7 Å². The quantitative estimate of drug-likeness (QED) is 0.927. The molecular weight excluding hydrogens is 278 g/mol. The Labute approximate surface area is 102 Å². The maximum atomic E-state index is 11.0. The summed E-state index contributed by atoms with van der Waals surface area (Å²) in [6.45, 7) is 4.05. The van der Waals surface area contributed by atoms with Gasteiger partial charge in [0, 0.05) is 15.9 Å². The van der Waals surface area contributed by atoms with Gasteiger partial charge >= 0.3 is 5.97 Å². The second kappa shape index (κ2) is 4.63. The first-order chi connectivity index (χ1) is 6.85. The highest BCUT2D eigenvalue weighted by molar-refractivity contribution is 9.10. The Balaban J connectivity index is 2.76. The number of carboxylic acids is 1. The van der Waals surface area contributed by atoms with Crippen molar-refractivity contribution in [2.24, 2.45) is 0 Å². The summed E-state index contributed by atoms with van der Waals surface area (Å²) in [7, 11) is 1.82. The lowest BCUT2D eigenvalue weighted by molar-refractivity contribution is -0.148. The summed E-state index contributed by atoms with van der Waals surface area (Å²) >= 11 is 5.06. The van der Waals surface area contributed by atoms with E-state index in [1.165, 1.54) is 0 Å². The fourth-order valence-corrected chi connectivity index (χ4v) is 2.54. The van der Waals surface area contributed by atoms with E-state index in [9.17, 15) is 4.79 Å². The largest absolute Gasteiger partial charge is 0.480 e. The Morgan fingerprint density at radius 1 is 1.67 bits per heavy atom. The van der Waals surface area contributed by atoms with Crippen LogP contribution < -0.4 is 0 Å². The first kappa shape index (κ1) is 12.7. The Bertz CT molecular complexity index is 362. The van der Waals surface area contributed by atoms with Crippen molar-refractivity contribution in [3.8, 4) is 0 Å². The Kier molecular flexibility index (Phi) is 3.92. The summed E-state index contributed by atoms with van der Waals surface area (Å²) < 4.78 is 1.04. The van der Waals surface area contributed by atoms with Crippen LogP contribution in [0, 0.1) is 0 Å². The predicted molar refractivity (Wildman–Crippen MR) is 65.2 cm³/mol. The number of hydrogen-bond acceptors (Lipinski definition) is 3. The van der Waals surface area contributed by atoms with Gasteiger partial charge in [-0.1, -0.05) is 0 Å². The van der Waals surface area contributed by atoms with Crippen LogP contribution in [0.25, 0.3) is 0 Å². The lowest BCUT2D eigenvalue weighted by atomic mass is 10.0. The van der Waals surface area contributed by atoms with Crippen molar-refractivity contribution in [3.63, 3.8) is 0 Å². The summed E-state index contributed by atoms with van der Waals surface area (Å²) in [5.74, 6) is -0.808. The number of rotatable bonds is 4. The normalized spacial score (nSPS) is 12.1. The van der Waals surface area contributed by atoms with Gasteiger partial charge in [0.05, 0.1) is 0 Å². The molecule has 0 unspecified atom stereocenters. The zero-order chi connectivity index (χ0) is 11.6. The SMILES string of the molecule is CN(Cc1sccc1Br)C(C)(C)C(=O)O. The van der Waals surface area contributed by atoms with E-state index in [4.69, 9.17) is 5.11 Å². The highest BCUT2D eigenvalue weighted by atomic mass is 79.9. The van der Waals surface area contributed by atoms with Gasteiger partial charge in [-0.25, -0.2) is 0 Å². The van der Waals surface area contributed by atoms with E-state index in [0.717, 1.165) is 9.35 Å². The van der Waals surface area contributed by atoms with E-state index in [-0.39, 0.29) is 0 Å². The van der Waals surface area contributed by atoms with E-state index in [0.29, 0.717) is 6.54 Å². The maximum absolute atomic E-state index is 11.0. The van der Waals surface area contributed by atoms with E-state index in [2.05, 4.69) is 15.9 Å². The Hall–Kier alpha value is -0.390. The van der Waals surface area contributed by atoms with Gasteiger partial charge in [-0.2, -0.15) is 0 Å². The summed E-state index contributed by atoms with van der Waals surface area (Å²) in [5, 5.41) is 11.0. The number of aliphatic carboxylic acids is 1. The second-order valence-corrected chi connectivity index (χ2v) is 5.77. The lowest BCUT2D eigenvalue weighted by Crippen LogP contribution is -2.47. The van der Waals surface area contributed by atoms with Crippen molar-refractivity contribution in [1.82, 2.24) is 4.90 Å². The zero-order valence-corrected chi connectivity index (χ0v) is 11.4. The molecule has 0 saturated heterocycles. The predicted octanol–water partition coefficient (Wildman–Crippen LogP) is 2.81. The molecule has 0 radical (unpaired) electrons. The van der Waals surface area contributed by atoms with Crippen molar-refractivity contribution in [3.05, 3.63) is 20.8 Å². The summed E-state index contributed by atoms with van der Waals surface area (Å²) in [4.78, 5) is 14.0. The number of hydrogen-bond donors (Lipinski definition) is 1. The molecule has 0 aromatic carbocycles. The molecule has 0 aliphatic carbocycles. The number of likely N-dealkylation sites (N-methyl/N-ethyl adjacent to an activating group) is 1. The minimum absolute atomic E-state index is 0.636. The smallest absolute Gasteiger partial charge is 0.323 e. The van der Waals surface area contributed by atoms with E-state index in [1.807, 2.05) is 23.4 Å². The van der Waals surface area contributed by atoms with E-state index in [1.54, 1.807) is 25.2 Å². The third-order valence-corrected chi connectivity index (χ3v) is 4.46. The van der Waals surface area contributed by atoms with Crippen LogP contribution >= 0.6 is 27.3 Å². The van der Waals surface area contributed by atoms with E-state index < -0.39 is 11.5 Å². The van der Waals surface area contributed by atoms with Crippen LogP contribution in [0.2, 0.25) is 0 Å². The molecule has 5 heteroatoms. The number of carbonyl (C=O) groups is 1. The van der Waals surface area contributed by atoms with Gasteiger partial charge in [0.1, 0.15) is 5.54 Å². The van der Waals surface area contributed by atoms with Gasteiger partial charge < -0.3 is 5.11 Å². The third-order valence-electron chi connectivity index (χ3n) is 2.55. The molecule has 1 aromatic rings. The second-order valence-electron chi connectivity index (χ2n) is 3.91. The molecule has 0 spiro atoms. The fourth-order valence-electron chi connectivity index (χ4n) is 1.01. The zero-order valence-electron chi connectivity index (χ0n) is 8.95. The summed E-state index contributed by atoms with van der Waals surface area (Å²) in [6.07, 6.45) is 0. The van der Waals surface area contributed by atoms with Gasteiger partial charge in [-0.15, -0.1) is 11.3 Å².